The summed E-state index contributed by atoms with van der Waals surface area (Å²) in [6.07, 6.45) is 4.16. The van der Waals surface area contributed by atoms with Gasteiger partial charge in [-0.2, -0.15) is 0 Å². The van der Waals surface area contributed by atoms with Crippen LogP contribution in [0.15, 0.2) is 12.3 Å². The van der Waals surface area contributed by atoms with Crippen molar-refractivity contribution in [2.45, 2.75) is 38.7 Å². The number of hydrogen-bond acceptors (Lipinski definition) is 3. The zero-order valence-electron chi connectivity index (χ0n) is 11.4. The fourth-order valence-electron chi connectivity index (χ4n) is 1.80. The molecule has 1 aliphatic carbocycles. The van der Waals surface area contributed by atoms with Gasteiger partial charge in [0.15, 0.2) is 0 Å². The number of nitrogens with zero attached hydrogens (tertiary/aromatic N) is 2. The fourth-order valence-corrected chi connectivity index (χ4v) is 1.80. The third-order valence-electron chi connectivity index (χ3n) is 2.93. The van der Waals surface area contributed by atoms with Crippen molar-refractivity contribution < 1.29 is 9.53 Å². The molecule has 0 aromatic carbocycles. The van der Waals surface area contributed by atoms with Crippen LogP contribution in [0.5, 0.6) is 5.75 Å². The first-order valence-corrected chi connectivity index (χ1v) is 6.38. The van der Waals surface area contributed by atoms with Crippen molar-refractivity contribution in [3.8, 4) is 5.75 Å². The number of carbonyl (C=O) groups is 1. The molecule has 0 unspecified atom stereocenters. The molecule has 1 aromatic rings. The SMILES string of the molecule is CC(C)c1nccc(OC2CC2)c1C(=O)N(C)C. The van der Waals surface area contributed by atoms with Crippen LogP contribution in [-0.4, -0.2) is 36.0 Å². The van der Waals surface area contributed by atoms with Gasteiger partial charge < -0.3 is 9.64 Å². The number of amides is 1. The van der Waals surface area contributed by atoms with Crippen LogP contribution < -0.4 is 4.74 Å². The van der Waals surface area contributed by atoms with Crippen LogP contribution in [0.3, 0.4) is 0 Å². The van der Waals surface area contributed by atoms with Crippen LogP contribution in [-0.2, 0) is 0 Å². The third kappa shape index (κ3) is 2.63. The van der Waals surface area contributed by atoms with E-state index in [0.29, 0.717) is 11.3 Å². The maximum Gasteiger partial charge on any atom is 0.258 e. The number of carbonyl (C=O) groups excluding carboxylic acids is 1. The van der Waals surface area contributed by atoms with Crippen LogP contribution >= 0.6 is 0 Å². The van der Waals surface area contributed by atoms with Gasteiger partial charge in [-0.3, -0.25) is 9.78 Å². The molecule has 1 heterocycles. The van der Waals surface area contributed by atoms with Crippen molar-refractivity contribution >= 4 is 5.91 Å². The lowest BCUT2D eigenvalue weighted by Gasteiger charge is -2.18. The van der Waals surface area contributed by atoms with Gasteiger partial charge in [-0.25, -0.2) is 0 Å². The van der Waals surface area contributed by atoms with E-state index in [9.17, 15) is 4.79 Å². The Hall–Kier alpha value is -1.58. The molecule has 0 atom stereocenters. The van der Waals surface area contributed by atoms with Gasteiger partial charge in [-0.15, -0.1) is 0 Å². The van der Waals surface area contributed by atoms with E-state index in [1.165, 1.54) is 0 Å². The minimum absolute atomic E-state index is 0.0394. The number of pyridine rings is 1. The molecule has 1 fully saturated rings. The molecule has 0 N–H and O–H groups in total. The summed E-state index contributed by atoms with van der Waals surface area (Å²) >= 11 is 0. The summed E-state index contributed by atoms with van der Waals surface area (Å²) in [6.45, 7) is 4.07. The molecule has 2 rings (SSSR count). The van der Waals surface area contributed by atoms with Gasteiger partial charge in [0, 0.05) is 20.3 Å². The minimum atomic E-state index is -0.0394. The largest absolute Gasteiger partial charge is 0.489 e. The average molecular weight is 248 g/mol. The number of hydrogen-bond donors (Lipinski definition) is 0. The number of ether oxygens (including phenoxy) is 1. The van der Waals surface area contributed by atoms with Crippen LogP contribution in [0.25, 0.3) is 0 Å². The quantitative estimate of drug-likeness (QED) is 0.822. The molecule has 0 spiro atoms. The first-order valence-electron chi connectivity index (χ1n) is 6.38. The lowest BCUT2D eigenvalue weighted by Crippen LogP contribution is -2.25. The van der Waals surface area contributed by atoms with Crippen molar-refractivity contribution in [1.82, 2.24) is 9.88 Å². The van der Waals surface area contributed by atoms with E-state index in [1.54, 1.807) is 31.3 Å². The Kier molecular flexibility index (Phi) is 3.55. The Morgan fingerprint density at radius 1 is 1.44 bits per heavy atom. The summed E-state index contributed by atoms with van der Waals surface area (Å²) in [6, 6.07) is 1.79. The van der Waals surface area contributed by atoms with E-state index < -0.39 is 0 Å². The molecule has 0 radical (unpaired) electrons. The van der Waals surface area contributed by atoms with Gasteiger partial charge in [-0.05, 0) is 24.8 Å². The van der Waals surface area contributed by atoms with Crippen LogP contribution in [0, 0.1) is 0 Å². The Balaban J connectivity index is 2.43. The monoisotopic (exact) mass is 248 g/mol. The highest BCUT2D eigenvalue weighted by Crippen LogP contribution is 2.32. The molecule has 1 aliphatic rings. The zero-order chi connectivity index (χ0) is 13.3. The van der Waals surface area contributed by atoms with E-state index >= 15 is 0 Å². The van der Waals surface area contributed by atoms with Crippen LogP contribution in [0.1, 0.15) is 48.7 Å². The molecule has 0 bridgehead atoms. The van der Waals surface area contributed by atoms with E-state index in [2.05, 4.69) is 4.98 Å². The summed E-state index contributed by atoms with van der Waals surface area (Å²) in [5.41, 5.74) is 1.43. The van der Waals surface area contributed by atoms with Crippen molar-refractivity contribution in [2.24, 2.45) is 0 Å². The molecule has 98 valence electrons. The van der Waals surface area contributed by atoms with E-state index in [4.69, 9.17) is 4.74 Å². The zero-order valence-corrected chi connectivity index (χ0v) is 11.4. The molecule has 0 aliphatic heterocycles. The summed E-state index contributed by atoms with van der Waals surface area (Å²) in [7, 11) is 3.50. The maximum atomic E-state index is 12.3. The Morgan fingerprint density at radius 3 is 2.61 bits per heavy atom. The minimum Gasteiger partial charge on any atom is -0.489 e. The van der Waals surface area contributed by atoms with Gasteiger partial charge >= 0.3 is 0 Å². The van der Waals surface area contributed by atoms with Gasteiger partial charge in [0.05, 0.1) is 11.8 Å². The third-order valence-corrected chi connectivity index (χ3v) is 2.93. The molecule has 0 saturated heterocycles. The second-order valence-electron chi connectivity index (χ2n) is 5.24. The van der Waals surface area contributed by atoms with E-state index in [1.807, 2.05) is 13.8 Å². The predicted octanol–water partition coefficient (Wildman–Crippen LogP) is 2.45. The summed E-state index contributed by atoms with van der Waals surface area (Å²) in [4.78, 5) is 18.2. The van der Waals surface area contributed by atoms with Gasteiger partial charge in [0.2, 0.25) is 0 Å². The predicted molar refractivity (Wildman–Crippen MR) is 70.0 cm³/mol. The van der Waals surface area contributed by atoms with Gasteiger partial charge in [0.1, 0.15) is 11.3 Å². The van der Waals surface area contributed by atoms with Gasteiger partial charge in [0.25, 0.3) is 5.91 Å². The first kappa shape index (κ1) is 12.9. The maximum absolute atomic E-state index is 12.3. The van der Waals surface area contributed by atoms with E-state index in [-0.39, 0.29) is 17.9 Å². The normalized spacial score (nSPS) is 14.7. The average Bonchev–Trinajstić information content (AvgIpc) is 3.11. The Bertz CT molecular complexity index is 451. The molecule has 1 aromatic heterocycles. The van der Waals surface area contributed by atoms with Crippen molar-refractivity contribution in [1.29, 1.82) is 0 Å². The number of aromatic nitrogens is 1. The molecular formula is C14H20N2O2. The number of rotatable bonds is 4. The first-order chi connectivity index (χ1) is 8.50. The second kappa shape index (κ2) is 4.96. The van der Waals surface area contributed by atoms with E-state index in [0.717, 1.165) is 18.5 Å². The lowest BCUT2D eigenvalue weighted by atomic mass is 10.0. The molecule has 4 heteroatoms. The lowest BCUT2D eigenvalue weighted by molar-refractivity contribution is 0.0820. The Morgan fingerprint density at radius 2 is 2.11 bits per heavy atom. The van der Waals surface area contributed by atoms with Crippen LogP contribution in [0.2, 0.25) is 0 Å². The molecule has 1 saturated carbocycles. The van der Waals surface area contributed by atoms with Crippen molar-refractivity contribution in [3.63, 3.8) is 0 Å². The molecular weight excluding hydrogens is 228 g/mol. The highest BCUT2D eigenvalue weighted by molar-refractivity contribution is 5.97. The van der Waals surface area contributed by atoms with Gasteiger partial charge in [-0.1, -0.05) is 13.8 Å². The smallest absolute Gasteiger partial charge is 0.258 e. The highest BCUT2D eigenvalue weighted by atomic mass is 16.5. The standard InChI is InChI=1S/C14H20N2O2/c1-9(2)13-12(14(17)16(3)4)11(7-8-15-13)18-10-5-6-10/h7-10H,5-6H2,1-4H3. The molecule has 4 nitrogen and oxygen atoms in total. The summed E-state index contributed by atoms with van der Waals surface area (Å²) < 4.78 is 5.83. The van der Waals surface area contributed by atoms with Crippen molar-refractivity contribution in [3.05, 3.63) is 23.5 Å². The second-order valence-corrected chi connectivity index (χ2v) is 5.24. The molecule has 1 amide bonds. The topological polar surface area (TPSA) is 42.4 Å². The summed E-state index contributed by atoms with van der Waals surface area (Å²) in [5, 5.41) is 0. The highest BCUT2D eigenvalue weighted by Gasteiger charge is 2.28. The Labute approximate surface area is 108 Å². The van der Waals surface area contributed by atoms with Crippen LogP contribution in [0.4, 0.5) is 0 Å². The molecule has 18 heavy (non-hydrogen) atoms. The van der Waals surface area contributed by atoms with Crippen molar-refractivity contribution in [2.75, 3.05) is 14.1 Å². The fraction of sp³-hybridized carbons (Fsp3) is 0.571. The summed E-state index contributed by atoms with van der Waals surface area (Å²) in [5.74, 6) is 0.837.